The highest BCUT2D eigenvalue weighted by molar-refractivity contribution is 7.14. The standard InChI is InChI=1S/C18H16ClN3O2S/c1-2-24-13-9-7-12(8-10-13)20-18-22-16(11-25-18)17(23)21-15-6-4-3-5-14(15)19/h3-11H,2H2,1H3,(H,20,22)(H,21,23). The highest BCUT2D eigenvalue weighted by atomic mass is 35.5. The van der Waals surface area contributed by atoms with Gasteiger partial charge in [-0.3, -0.25) is 4.79 Å². The van der Waals surface area contributed by atoms with Crippen LogP contribution in [0.3, 0.4) is 0 Å². The first kappa shape index (κ1) is 17.3. The van der Waals surface area contributed by atoms with Crippen molar-refractivity contribution in [3.63, 3.8) is 0 Å². The zero-order valence-corrected chi connectivity index (χ0v) is 15.0. The number of nitrogens with one attached hydrogen (secondary N) is 2. The van der Waals surface area contributed by atoms with Crippen molar-refractivity contribution in [3.05, 3.63) is 64.6 Å². The Hall–Kier alpha value is -2.57. The smallest absolute Gasteiger partial charge is 0.275 e. The van der Waals surface area contributed by atoms with Gasteiger partial charge in [-0.2, -0.15) is 0 Å². The zero-order valence-electron chi connectivity index (χ0n) is 13.5. The maximum absolute atomic E-state index is 12.3. The Morgan fingerprint density at radius 3 is 2.68 bits per heavy atom. The highest BCUT2D eigenvalue weighted by Gasteiger charge is 2.12. The molecule has 0 unspecified atom stereocenters. The lowest BCUT2D eigenvalue weighted by atomic mass is 10.3. The molecule has 25 heavy (non-hydrogen) atoms. The minimum atomic E-state index is -0.302. The number of nitrogens with zero attached hydrogens (tertiary/aromatic N) is 1. The molecular formula is C18H16ClN3O2S. The number of hydrogen-bond acceptors (Lipinski definition) is 5. The molecule has 0 saturated heterocycles. The van der Waals surface area contributed by atoms with Crippen LogP contribution in [0.15, 0.2) is 53.9 Å². The minimum absolute atomic E-state index is 0.302. The second-order valence-electron chi connectivity index (χ2n) is 5.05. The van der Waals surface area contributed by atoms with Crippen LogP contribution in [0.25, 0.3) is 0 Å². The molecule has 128 valence electrons. The van der Waals surface area contributed by atoms with Gasteiger partial charge in [0.25, 0.3) is 5.91 Å². The first-order valence-electron chi connectivity index (χ1n) is 7.67. The fraction of sp³-hybridized carbons (Fsp3) is 0.111. The highest BCUT2D eigenvalue weighted by Crippen LogP contribution is 2.25. The number of amides is 1. The summed E-state index contributed by atoms with van der Waals surface area (Å²) < 4.78 is 5.41. The molecule has 0 aliphatic carbocycles. The van der Waals surface area contributed by atoms with Gasteiger partial charge in [0.1, 0.15) is 11.4 Å². The molecule has 1 aromatic heterocycles. The van der Waals surface area contributed by atoms with Crippen LogP contribution in [0.2, 0.25) is 5.02 Å². The fourth-order valence-electron chi connectivity index (χ4n) is 2.11. The largest absolute Gasteiger partial charge is 0.494 e. The maximum Gasteiger partial charge on any atom is 0.275 e. The number of carbonyl (C=O) groups is 1. The number of para-hydroxylation sites is 1. The van der Waals surface area contributed by atoms with E-state index in [0.29, 0.717) is 28.1 Å². The van der Waals surface area contributed by atoms with Gasteiger partial charge in [-0.05, 0) is 43.3 Å². The van der Waals surface area contributed by atoms with Crippen LogP contribution < -0.4 is 15.4 Å². The Morgan fingerprint density at radius 1 is 1.20 bits per heavy atom. The van der Waals surface area contributed by atoms with Gasteiger partial charge in [-0.25, -0.2) is 4.98 Å². The van der Waals surface area contributed by atoms with E-state index in [9.17, 15) is 4.79 Å². The Bertz CT molecular complexity index is 865. The normalized spacial score (nSPS) is 10.3. The predicted molar refractivity (Wildman–Crippen MR) is 102 cm³/mol. The monoisotopic (exact) mass is 373 g/mol. The summed E-state index contributed by atoms with van der Waals surface area (Å²) in [6, 6.07) is 14.6. The molecule has 5 nitrogen and oxygen atoms in total. The van der Waals surface area contributed by atoms with E-state index in [2.05, 4.69) is 15.6 Å². The molecule has 0 spiro atoms. The van der Waals surface area contributed by atoms with E-state index in [0.717, 1.165) is 11.4 Å². The molecule has 2 N–H and O–H groups in total. The van der Waals surface area contributed by atoms with Crippen LogP contribution in [-0.2, 0) is 0 Å². The van der Waals surface area contributed by atoms with Crippen molar-refractivity contribution in [1.82, 2.24) is 4.98 Å². The Morgan fingerprint density at radius 2 is 1.96 bits per heavy atom. The SMILES string of the molecule is CCOc1ccc(Nc2nc(C(=O)Nc3ccccc3Cl)cs2)cc1. The Labute approximate surface area is 154 Å². The quantitative estimate of drug-likeness (QED) is 0.624. The van der Waals surface area contributed by atoms with Crippen LogP contribution in [-0.4, -0.2) is 17.5 Å². The first-order chi connectivity index (χ1) is 12.2. The van der Waals surface area contributed by atoms with Crippen LogP contribution in [0, 0.1) is 0 Å². The molecule has 2 aromatic carbocycles. The average molecular weight is 374 g/mol. The van der Waals surface area contributed by atoms with Gasteiger partial charge in [0.05, 0.1) is 17.3 Å². The summed E-state index contributed by atoms with van der Waals surface area (Å²) in [5.41, 5.74) is 1.76. The number of halogens is 1. The molecule has 0 radical (unpaired) electrons. The number of rotatable bonds is 6. The average Bonchev–Trinajstić information content (AvgIpc) is 3.08. The van der Waals surface area contributed by atoms with Gasteiger partial charge >= 0.3 is 0 Å². The summed E-state index contributed by atoms with van der Waals surface area (Å²) in [6.45, 7) is 2.57. The van der Waals surface area contributed by atoms with Crippen molar-refractivity contribution in [2.75, 3.05) is 17.2 Å². The molecular weight excluding hydrogens is 358 g/mol. The van der Waals surface area contributed by atoms with Crippen LogP contribution in [0.1, 0.15) is 17.4 Å². The van der Waals surface area contributed by atoms with E-state index in [1.54, 1.807) is 29.6 Å². The van der Waals surface area contributed by atoms with Crippen molar-refractivity contribution in [3.8, 4) is 5.75 Å². The lowest BCUT2D eigenvalue weighted by Gasteiger charge is -2.06. The molecule has 0 fully saturated rings. The van der Waals surface area contributed by atoms with Gasteiger partial charge in [0.15, 0.2) is 5.13 Å². The van der Waals surface area contributed by atoms with Gasteiger partial charge in [0, 0.05) is 11.1 Å². The third-order valence-corrected chi connectivity index (χ3v) is 4.36. The summed E-state index contributed by atoms with van der Waals surface area (Å²) in [5.74, 6) is 0.510. The fourth-order valence-corrected chi connectivity index (χ4v) is 3.00. The van der Waals surface area contributed by atoms with Crippen molar-refractivity contribution in [2.24, 2.45) is 0 Å². The molecule has 1 heterocycles. The van der Waals surface area contributed by atoms with Gasteiger partial charge in [0.2, 0.25) is 0 Å². The van der Waals surface area contributed by atoms with E-state index in [-0.39, 0.29) is 5.91 Å². The molecule has 0 atom stereocenters. The number of carbonyl (C=O) groups excluding carboxylic acids is 1. The molecule has 0 bridgehead atoms. The predicted octanol–water partition coefficient (Wildman–Crippen LogP) is 5.19. The van der Waals surface area contributed by atoms with E-state index < -0.39 is 0 Å². The Balaban J connectivity index is 1.65. The third kappa shape index (κ3) is 4.49. The molecule has 0 aliphatic rings. The van der Waals surface area contributed by atoms with Crippen molar-refractivity contribution >= 4 is 45.4 Å². The number of anilines is 3. The molecule has 0 saturated carbocycles. The van der Waals surface area contributed by atoms with E-state index in [4.69, 9.17) is 16.3 Å². The van der Waals surface area contributed by atoms with Crippen LogP contribution in [0.5, 0.6) is 5.75 Å². The number of hydrogen-bond donors (Lipinski definition) is 2. The lowest BCUT2D eigenvalue weighted by Crippen LogP contribution is -2.12. The summed E-state index contributed by atoms with van der Waals surface area (Å²) in [7, 11) is 0. The first-order valence-corrected chi connectivity index (χ1v) is 8.93. The number of benzene rings is 2. The second kappa shape index (κ2) is 8.00. The van der Waals surface area contributed by atoms with E-state index in [1.165, 1.54) is 11.3 Å². The third-order valence-electron chi connectivity index (χ3n) is 3.28. The molecule has 3 rings (SSSR count). The van der Waals surface area contributed by atoms with Gasteiger partial charge in [-0.15, -0.1) is 11.3 Å². The van der Waals surface area contributed by atoms with Crippen molar-refractivity contribution < 1.29 is 9.53 Å². The lowest BCUT2D eigenvalue weighted by molar-refractivity contribution is 0.102. The zero-order chi connectivity index (χ0) is 17.6. The maximum atomic E-state index is 12.3. The topological polar surface area (TPSA) is 63.2 Å². The van der Waals surface area contributed by atoms with Crippen molar-refractivity contribution in [2.45, 2.75) is 6.92 Å². The summed E-state index contributed by atoms with van der Waals surface area (Å²) in [6.07, 6.45) is 0. The number of ether oxygens (including phenoxy) is 1. The van der Waals surface area contributed by atoms with Gasteiger partial charge < -0.3 is 15.4 Å². The molecule has 7 heteroatoms. The summed E-state index contributed by atoms with van der Waals surface area (Å²) in [4.78, 5) is 16.6. The van der Waals surface area contributed by atoms with E-state index >= 15 is 0 Å². The minimum Gasteiger partial charge on any atom is -0.494 e. The molecule has 0 aliphatic heterocycles. The van der Waals surface area contributed by atoms with E-state index in [1.807, 2.05) is 31.2 Å². The van der Waals surface area contributed by atoms with Crippen LogP contribution in [0.4, 0.5) is 16.5 Å². The second-order valence-corrected chi connectivity index (χ2v) is 6.32. The summed E-state index contributed by atoms with van der Waals surface area (Å²) in [5, 5.41) is 8.74. The van der Waals surface area contributed by atoms with Crippen molar-refractivity contribution in [1.29, 1.82) is 0 Å². The Kier molecular flexibility index (Phi) is 5.53. The molecule has 3 aromatic rings. The number of thiazole rings is 1. The van der Waals surface area contributed by atoms with Crippen LogP contribution >= 0.6 is 22.9 Å². The summed E-state index contributed by atoms with van der Waals surface area (Å²) >= 11 is 7.40. The molecule has 1 amide bonds. The van der Waals surface area contributed by atoms with Gasteiger partial charge in [-0.1, -0.05) is 23.7 Å². The number of aromatic nitrogens is 1.